The van der Waals surface area contributed by atoms with Gasteiger partial charge >= 0.3 is 5.97 Å². The smallest absolute Gasteiger partial charge is 0.340 e. The number of aromatic nitrogens is 1. The van der Waals surface area contributed by atoms with E-state index in [1.54, 1.807) is 37.3 Å². The van der Waals surface area contributed by atoms with Crippen molar-refractivity contribution in [3.8, 4) is 0 Å². The Bertz CT molecular complexity index is 1610. The summed E-state index contributed by atoms with van der Waals surface area (Å²) in [7, 11) is 0. The molecular weight excluding hydrogens is 463 g/mol. The van der Waals surface area contributed by atoms with Gasteiger partial charge in [-0.3, -0.25) is 19.4 Å². The molecule has 0 saturated heterocycles. The lowest BCUT2D eigenvalue weighted by atomic mass is 9.83. The van der Waals surface area contributed by atoms with Crippen LogP contribution in [0.3, 0.4) is 0 Å². The molecule has 178 valence electrons. The fourth-order valence-corrected chi connectivity index (χ4v) is 4.20. The lowest BCUT2D eigenvalue weighted by molar-refractivity contribution is -0.123. The Hall–Kier alpha value is -4.72. The van der Waals surface area contributed by atoms with Gasteiger partial charge in [0.25, 0.3) is 5.91 Å². The minimum Gasteiger partial charge on any atom is -0.449 e. The molecule has 8 heteroatoms. The molecule has 7 nitrogen and oxygen atoms in total. The summed E-state index contributed by atoms with van der Waals surface area (Å²) in [6.45, 7) is 2.98. The monoisotopic (exact) mass is 482 g/mol. The van der Waals surface area contributed by atoms with Crippen LogP contribution in [0.25, 0.3) is 10.9 Å². The molecule has 1 N–H and O–H groups in total. The second-order valence-electron chi connectivity index (χ2n) is 8.43. The van der Waals surface area contributed by atoms with E-state index in [2.05, 4.69) is 10.3 Å². The van der Waals surface area contributed by atoms with Crippen molar-refractivity contribution in [3.05, 3.63) is 106 Å². The highest BCUT2D eigenvalue weighted by atomic mass is 19.1. The number of pyridine rings is 1. The molecule has 4 aromatic rings. The molecule has 5 rings (SSSR count). The zero-order valence-electron chi connectivity index (χ0n) is 19.3. The summed E-state index contributed by atoms with van der Waals surface area (Å²) in [5.74, 6) is -2.58. The SMILES string of the molecule is Cc1nc2cc(F)ccc2cc1C(=O)OC(C)C(=O)Nc1cccc2c1C(=O)c1ccccc1C2=O. The number of ketones is 2. The molecule has 1 aliphatic carbocycles. The molecule has 0 saturated carbocycles. The van der Waals surface area contributed by atoms with Gasteiger partial charge in [-0.15, -0.1) is 0 Å². The van der Waals surface area contributed by atoms with Crippen molar-refractivity contribution in [1.82, 2.24) is 4.98 Å². The second-order valence-corrected chi connectivity index (χ2v) is 8.43. The van der Waals surface area contributed by atoms with Crippen LogP contribution in [-0.4, -0.2) is 34.5 Å². The molecule has 3 aromatic carbocycles. The summed E-state index contributed by atoms with van der Waals surface area (Å²) < 4.78 is 18.8. The maximum atomic E-state index is 13.5. The average molecular weight is 482 g/mol. The summed E-state index contributed by atoms with van der Waals surface area (Å²) in [5.41, 5.74) is 1.86. The Balaban J connectivity index is 1.37. The Morgan fingerprint density at radius 2 is 1.61 bits per heavy atom. The summed E-state index contributed by atoms with van der Waals surface area (Å²) in [4.78, 5) is 56.0. The molecule has 1 atom stereocenters. The largest absolute Gasteiger partial charge is 0.449 e. The van der Waals surface area contributed by atoms with Crippen LogP contribution in [0.2, 0.25) is 0 Å². The average Bonchev–Trinajstić information content (AvgIpc) is 2.86. The van der Waals surface area contributed by atoms with Gasteiger partial charge in [-0.1, -0.05) is 36.4 Å². The third kappa shape index (κ3) is 3.92. The lowest BCUT2D eigenvalue weighted by Gasteiger charge is -2.21. The number of hydrogen-bond donors (Lipinski definition) is 1. The van der Waals surface area contributed by atoms with E-state index >= 15 is 0 Å². The standard InChI is InChI=1S/C28H19FN2O5/c1-14-21(12-16-10-11-17(29)13-23(16)30-14)28(35)36-15(2)27(34)31-22-9-5-8-20-24(22)26(33)19-7-4-3-6-18(19)25(20)32/h3-13,15H,1-2H3,(H,31,34). The van der Waals surface area contributed by atoms with Crippen molar-refractivity contribution in [2.75, 3.05) is 5.32 Å². The molecule has 1 amide bonds. The van der Waals surface area contributed by atoms with Crippen molar-refractivity contribution >= 4 is 40.0 Å². The van der Waals surface area contributed by atoms with Crippen LogP contribution in [-0.2, 0) is 9.53 Å². The number of carbonyl (C=O) groups excluding carboxylic acids is 4. The van der Waals surface area contributed by atoms with E-state index in [1.807, 2.05) is 0 Å². The summed E-state index contributed by atoms with van der Waals surface area (Å²) in [6, 6.07) is 16.7. The Labute approximate surface area is 204 Å². The van der Waals surface area contributed by atoms with Gasteiger partial charge in [0, 0.05) is 28.1 Å². The van der Waals surface area contributed by atoms with Crippen molar-refractivity contribution in [3.63, 3.8) is 0 Å². The molecule has 36 heavy (non-hydrogen) atoms. The Morgan fingerprint density at radius 1 is 0.917 bits per heavy atom. The van der Waals surface area contributed by atoms with Crippen molar-refractivity contribution < 1.29 is 28.3 Å². The first-order valence-corrected chi connectivity index (χ1v) is 11.1. The van der Waals surface area contributed by atoms with Crippen LogP contribution < -0.4 is 5.32 Å². The molecule has 0 fully saturated rings. The van der Waals surface area contributed by atoms with Gasteiger partial charge in [-0.2, -0.15) is 0 Å². The summed E-state index contributed by atoms with van der Waals surface area (Å²) >= 11 is 0. The highest BCUT2D eigenvalue weighted by Crippen LogP contribution is 2.32. The number of nitrogens with zero attached hydrogens (tertiary/aromatic N) is 1. The van der Waals surface area contributed by atoms with E-state index < -0.39 is 23.8 Å². The lowest BCUT2D eigenvalue weighted by Crippen LogP contribution is -2.31. The number of amides is 1. The van der Waals surface area contributed by atoms with Gasteiger partial charge in [0.2, 0.25) is 0 Å². The van der Waals surface area contributed by atoms with Gasteiger partial charge in [0.05, 0.1) is 28.0 Å². The number of esters is 1. The quantitative estimate of drug-likeness (QED) is 0.375. The maximum Gasteiger partial charge on any atom is 0.340 e. The van der Waals surface area contributed by atoms with Crippen LogP contribution in [0.15, 0.2) is 66.7 Å². The number of hydrogen-bond acceptors (Lipinski definition) is 6. The Morgan fingerprint density at radius 3 is 2.36 bits per heavy atom. The van der Waals surface area contributed by atoms with Crippen LogP contribution in [0.1, 0.15) is 54.8 Å². The fourth-order valence-electron chi connectivity index (χ4n) is 4.20. The highest BCUT2D eigenvalue weighted by molar-refractivity contribution is 6.30. The molecule has 1 aromatic heterocycles. The van der Waals surface area contributed by atoms with Gasteiger partial charge in [-0.05, 0) is 38.1 Å². The zero-order valence-corrected chi connectivity index (χ0v) is 19.3. The minimum atomic E-state index is -1.22. The molecular formula is C28H19FN2O5. The van der Waals surface area contributed by atoms with Crippen molar-refractivity contribution in [1.29, 1.82) is 0 Å². The predicted octanol–water partition coefficient (Wildman–Crippen LogP) is 4.64. The molecule has 0 spiro atoms. The Kier molecular flexibility index (Phi) is 5.64. The molecule has 0 radical (unpaired) electrons. The van der Waals surface area contributed by atoms with Crippen LogP contribution in [0.5, 0.6) is 0 Å². The number of aryl methyl sites for hydroxylation is 1. The first-order valence-electron chi connectivity index (χ1n) is 11.1. The van der Waals surface area contributed by atoms with Gasteiger partial charge in [0.1, 0.15) is 5.82 Å². The maximum absolute atomic E-state index is 13.5. The first-order chi connectivity index (χ1) is 17.2. The molecule has 1 aliphatic rings. The summed E-state index contributed by atoms with van der Waals surface area (Å²) in [6.07, 6.45) is -1.22. The second kappa shape index (κ2) is 8.81. The summed E-state index contributed by atoms with van der Waals surface area (Å²) in [5, 5.41) is 3.16. The molecule has 1 unspecified atom stereocenters. The minimum absolute atomic E-state index is 0.0925. The first kappa shape index (κ1) is 23.0. The van der Waals surface area contributed by atoms with Gasteiger partial charge < -0.3 is 10.1 Å². The van der Waals surface area contributed by atoms with E-state index in [-0.39, 0.29) is 39.5 Å². The third-order valence-corrected chi connectivity index (χ3v) is 6.05. The highest BCUT2D eigenvalue weighted by Gasteiger charge is 2.32. The van der Waals surface area contributed by atoms with E-state index in [4.69, 9.17) is 4.74 Å². The number of anilines is 1. The normalized spacial score (nSPS) is 13.1. The predicted molar refractivity (Wildman–Crippen MR) is 130 cm³/mol. The zero-order chi connectivity index (χ0) is 25.6. The molecule has 0 aliphatic heterocycles. The number of carbonyl (C=O) groups is 4. The number of benzene rings is 3. The number of rotatable bonds is 4. The van der Waals surface area contributed by atoms with Crippen molar-refractivity contribution in [2.45, 2.75) is 20.0 Å². The van der Waals surface area contributed by atoms with E-state index in [0.29, 0.717) is 22.2 Å². The van der Waals surface area contributed by atoms with Crippen LogP contribution in [0, 0.1) is 12.7 Å². The van der Waals surface area contributed by atoms with Crippen LogP contribution in [0.4, 0.5) is 10.1 Å². The van der Waals surface area contributed by atoms with E-state index in [1.165, 1.54) is 43.3 Å². The number of fused-ring (bicyclic) bond motifs is 3. The van der Waals surface area contributed by atoms with Gasteiger partial charge in [-0.25, -0.2) is 9.18 Å². The molecule has 1 heterocycles. The van der Waals surface area contributed by atoms with Crippen LogP contribution >= 0.6 is 0 Å². The number of ether oxygens (including phenoxy) is 1. The van der Waals surface area contributed by atoms with Crippen molar-refractivity contribution in [2.24, 2.45) is 0 Å². The number of halogens is 1. The fraction of sp³-hybridized carbons (Fsp3) is 0.107. The topological polar surface area (TPSA) is 102 Å². The van der Waals surface area contributed by atoms with Gasteiger partial charge in [0.15, 0.2) is 17.7 Å². The van der Waals surface area contributed by atoms with E-state index in [9.17, 15) is 23.6 Å². The van der Waals surface area contributed by atoms with E-state index in [0.717, 1.165) is 0 Å². The number of nitrogens with one attached hydrogen (secondary N) is 1. The third-order valence-electron chi connectivity index (χ3n) is 6.05. The molecule has 0 bridgehead atoms.